The van der Waals surface area contributed by atoms with Gasteiger partial charge in [-0.05, 0) is 18.2 Å². The number of benzene rings is 2. The molecule has 5 nitrogen and oxygen atoms in total. The molecule has 0 aliphatic heterocycles. The molecular weight excluding hydrogens is 348 g/mol. The van der Waals surface area contributed by atoms with Gasteiger partial charge < -0.3 is 5.73 Å². The van der Waals surface area contributed by atoms with Crippen LogP contribution in [0.25, 0.3) is 0 Å². The number of ketones is 1. The number of nitro groups is 1. The maximum atomic E-state index is 12.4. The summed E-state index contributed by atoms with van der Waals surface area (Å²) in [5.74, 6) is -0.422. The molecule has 2 aromatic carbocycles. The molecule has 0 aromatic heterocycles. The molecule has 0 atom stereocenters. The third-order valence-corrected chi connectivity index (χ3v) is 3.34. The summed E-state index contributed by atoms with van der Waals surface area (Å²) in [5.41, 5.74) is 5.61. The van der Waals surface area contributed by atoms with Crippen LogP contribution >= 0.6 is 27.5 Å². The zero-order valence-corrected chi connectivity index (χ0v) is 12.3. The Hall–Kier alpha value is -1.92. The summed E-state index contributed by atoms with van der Waals surface area (Å²) in [6, 6.07) is 9.01. The Morgan fingerprint density at radius 3 is 2.60 bits per heavy atom. The molecule has 0 saturated heterocycles. The number of carbonyl (C=O) groups excluding carboxylic acids is 1. The van der Waals surface area contributed by atoms with Crippen molar-refractivity contribution in [1.29, 1.82) is 0 Å². The van der Waals surface area contributed by atoms with Gasteiger partial charge in [0.1, 0.15) is 5.69 Å². The number of carbonyl (C=O) groups is 1. The average molecular weight is 356 g/mol. The number of hydrogen-bond donors (Lipinski definition) is 1. The quantitative estimate of drug-likeness (QED) is 0.392. The van der Waals surface area contributed by atoms with Crippen molar-refractivity contribution in [3.63, 3.8) is 0 Å². The monoisotopic (exact) mass is 354 g/mol. The van der Waals surface area contributed by atoms with Gasteiger partial charge in [0.25, 0.3) is 5.69 Å². The van der Waals surface area contributed by atoms with Crippen molar-refractivity contribution in [1.82, 2.24) is 0 Å². The van der Waals surface area contributed by atoms with E-state index in [0.29, 0.717) is 15.1 Å². The molecule has 7 heteroatoms. The van der Waals surface area contributed by atoms with Gasteiger partial charge in [0, 0.05) is 21.1 Å². The predicted molar refractivity (Wildman–Crippen MR) is 80.1 cm³/mol. The van der Waals surface area contributed by atoms with E-state index in [4.69, 9.17) is 17.3 Å². The number of rotatable bonds is 3. The minimum absolute atomic E-state index is 0.0633. The molecule has 0 spiro atoms. The molecule has 0 radical (unpaired) electrons. The Balaban J connectivity index is 2.58. The summed E-state index contributed by atoms with van der Waals surface area (Å²) in [6.45, 7) is 0. The first-order valence-corrected chi connectivity index (χ1v) is 6.61. The van der Waals surface area contributed by atoms with Gasteiger partial charge >= 0.3 is 0 Å². The zero-order valence-electron chi connectivity index (χ0n) is 9.97. The topological polar surface area (TPSA) is 86.2 Å². The standard InChI is InChI=1S/C13H8BrClN2O3/c14-8-5-10(12(16)11(6-8)17(19)20)13(18)7-2-1-3-9(15)4-7/h1-6H,16H2. The highest BCUT2D eigenvalue weighted by Crippen LogP contribution is 2.31. The molecule has 2 aromatic rings. The van der Waals surface area contributed by atoms with E-state index < -0.39 is 10.7 Å². The summed E-state index contributed by atoms with van der Waals surface area (Å²) in [6.07, 6.45) is 0. The molecule has 0 heterocycles. The molecule has 0 bridgehead atoms. The van der Waals surface area contributed by atoms with Crippen molar-refractivity contribution in [3.05, 3.63) is 67.1 Å². The Kier molecular flexibility index (Phi) is 4.06. The van der Waals surface area contributed by atoms with Crippen LogP contribution in [0, 0.1) is 10.1 Å². The Morgan fingerprint density at radius 1 is 1.30 bits per heavy atom. The molecule has 0 fully saturated rings. The van der Waals surface area contributed by atoms with Gasteiger partial charge in [-0.25, -0.2) is 0 Å². The highest BCUT2D eigenvalue weighted by Gasteiger charge is 2.21. The van der Waals surface area contributed by atoms with Crippen molar-refractivity contribution in [2.45, 2.75) is 0 Å². The SMILES string of the molecule is Nc1c(C(=O)c2cccc(Cl)c2)cc(Br)cc1[N+](=O)[O-]. The summed E-state index contributed by atoms with van der Waals surface area (Å²) in [4.78, 5) is 22.6. The minimum atomic E-state index is -0.630. The summed E-state index contributed by atoms with van der Waals surface area (Å²) >= 11 is 8.96. The number of nitro benzene ring substituents is 1. The van der Waals surface area contributed by atoms with Gasteiger partial charge in [-0.2, -0.15) is 0 Å². The molecule has 20 heavy (non-hydrogen) atoms. The van der Waals surface area contributed by atoms with Crippen LogP contribution in [0.3, 0.4) is 0 Å². The first kappa shape index (κ1) is 14.5. The van der Waals surface area contributed by atoms with E-state index in [1.54, 1.807) is 18.2 Å². The number of nitrogens with zero attached hydrogens (tertiary/aromatic N) is 1. The number of nitrogens with two attached hydrogens (primary N) is 1. The molecule has 0 aliphatic carbocycles. The molecular formula is C13H8BrClN2O3. The van der Waals surface area contributed by atoms with Crippen LogP contribution in [0.4, 0.5) is 11.4 Å². The third kappa shape index (κ3) is 2.81. The minimum Gasteiger partial charge on any atom is -0.393 e. The smallest absolute Gasteiger partial charge is 0.294 e. The van der Waals surface area contributed by atoms with Gasteiger partial charge in [-0.15, -0.1) is 0 Å². The summed E-state index contributed by atoms with van der Waals surface area (Å²) < 4.78 is 0.406. The van der Waals surface area contributed by atoms with Crippen molar-refractivity contribution in [2.75, 3.05) is 5.73 Å². The van der Waals surface area contributed by atoms with Gasteiger partial charge in [0.2, 0.25) is 0 Å². The number of halogens is 2. The van der Waals surface area contributed by atoms with Crippen molar-refractivity contribution >= 4 is 44.7 Å². The molecule has 0 aliphatic rings. The fraction of sp³-hybridized carbons (Fsp3) is 0. The lowest BCUT2D eigenvalue weighted by Crippen LogP contribution is -2.08. The Labute approximate surface area is 127 Å². The van der Waals surface area contributed by atoms with E-state index in [0.717, 1.165) is 0 Å². The van der Waals surface area contributed by atoms with Crippen LogP contribution < -0.4 is 5.73 Å². The van der Waals surface area contributed by atoms with Crippen molar-refractivity contribution in [3.8, 4) is 0 Å². The van der Waals surface area contributed by atoms with E-state index in [2.05, 4.69) is 15.9 Å². The zero-order chi connectivity index (χ0) is 14.9. The van der Waals surface area contributed by atoms with Crippen molar-refractivity contribution < 1.29 is 9.72 Å². The lowest BCUT2D eigenvalue weighted by atomic mass is 10.0. The van der Waals surface area contributed by atoms with Crippen LogP contribution in [0.5, 0.6) is 0 Å². The molecule has 0 unspecified atom stereocenters. The Morgan fingerprint density at radius 2 is 2.00 bits per heavy atom. The maximum absolute atomic E-state index is 12.4. The van der Waals surface area contributed by atoms with E-state index in [1.165, 1.54) is 18.2 Å². The second kappa shape index (κ2) is 5.60. The van der Waals surface area contributed by atoms with Crippen molar-refractivity contribution in [2.24, 2.45) is 0 Å². The molecule has 0 saturated carbocycles. The van der Waals surface area contributed by atoms with E-state index in [9.17, 15) is 14.9 Å². The molecule has 2 rings (SSSR count). The summed E-state index contributed by atoms with van der Waals surface area (Å²) in [7, 11) is 0. The van der Waals surface area contributed by atoms with E-state index in [-0.39, 0.29) is 16.9 Å². The fourth-order valence-corrected chi connectivity index (χ4v) is 2.36. The van der Waals surface area contributed by atoms with E-state index >= 15 is 0 Å². The second-order valence-electron chi connectivity index (χ2n) is 3.98. The fourth-order valence-electron chi connectivity index (χ4n) is 1.73. The van der Waals surface area contributed by atoms with Gasteiger partial charge in [-0.1, -0.05) is 39.7 Å². The Bertz CT molecular complexity index is 719. The van der Waals surface area contributed by atoms with Gasteiger partial charge in [-0.3, -0.25) is 14.9 Å². The first-order chi connectivity index (χ1) is 9.40. The lowest BCUT2D eigenvalue weighted by molar-refractivity contribution is -0.384. The molecule has 2 N–H and O–H groups in total. The lowest BCUT2D eigenvalue weighted by Gasteiger charge is -2.07. The second-order valence-corrected chi connectivity index (χ2v) is 5.33. The normalized spacial score (nSPS) is 10.3. The van der Waals surface area contributed by atoms with Crippen LogP contribution in [0.1, 0.15) is 15.9 Å². The maximum Gasteiger partial charge on any atom is 0.294 e. The van der Waals surface area contributed by atoms with Crippen LogP contribution in [0.15, 0.2) is 40.9 Å². The predicted octanol–water partition coefficient (Wildman–Crippen LogP) is 3.82. The number of nitrogen functional groups attached to an aromatic ring is 1. The highest BCUT2D eigenvalue weighted by atomic mass is 79.9. The largest absolute Gasteiger partial charge is 0.393 e. The highest BCUT2D eigenvalue weighted by molar-refractivity contribution is 9.10. The number of hydrogen-bond acceptors (Lipinski definition) is 4. The average Bonchev–Trinajstić information content (AvgIpc) is 2.40. The first-order valence-electron chi connectivity index (χ1n) is 5.44. The van der Waals surface area contributed by atoms with Gasteiger partial charge in [0.05, 0.1) is 10.5 Å². The van der Waals surface area contributed by atoms with E-state index in [1.807, 2.05) is 0 Å². The number of anilines is 1. The van der Waals surface area contributed by atoms with Gasteiger partial charge in [0.15, 0.2) is 5.78 Å². The molecule has 0 amide bonds. The summed E-state index contributed by atoms with van der Waals surface area (Å²) in [5, 5.41) is 11.3. The van der Waals surface area contributed by atoms with Crippen LogP contribution in [-0.4, -0.2) is 10.7 Å². The third-order valence-electron chi connectivity index (χ3n) is 2.65. The van der Waals surface area contributed by atoms with Crippen LogP contribution in [-0.2, 0) is 0 Å². The molecule has 102 valence electrons. The van der Waals surface area contributed by atoms with Crippen LogP contribution in [0.2, 0.25) is 5.02 Å².